The molecule has 6 heteroatoms. The highest BCUT2D eigenvalue weighted by Crippen LogP contribution is 2.29. The van der Waals surface area contributed by atoms with Crippen LogP contribution >= 0.6 is 27.3 Å². The molecule has 108 valence electrons. The Kier molecular flexibility index (Phi) is 3.28. The Hall–Kier alpha value is -2.05. The van der Waals surface area contributed by atoms with E-state index in [2.05, 4.69) is 56.3 Å². The van der Waals surface area contributed by atoms with Gasteiger partial charge in [-0.25, -0.2) is 0 Å². The zero-order valence-corrected chi connectivity index (χ0v) is 14.1. The van der Waals surface area contributed by atoms with E-state index in [9.17, 15) is 0 Å². The first-order chi connectivity index (χ1) is 10.7. The van der Waals surface area contributed by atoms with E-state index in [-0.39, 0.29) is 0 Å². The molecule has 0 atom stereocenters. The molecule has 0 unspecified atom stereocenters. The molecular weight excluding hydrogens is 360 g/mol. The average Bonchev–Trinajstić information content (AvgIpc) is 3.07. The largest absolute Gasteiger partial charge is 0.235 e. The molecule has 4 rings (SSSR count). The van der Waals surface area contributed by atoms with E-state index in [4.69, 9.17) is 0 Å². The standard InChI is InChI=1S/C16H11BrN4S/c1-10-4-2-5-11(8-10)14-18-19-16-21(14)20-15(22-16)12-6-3-7-13(17)9-12/h2-9H,1H3. The van der Waals surface area contributed by atoms with E-state index in [1.54, 1.807) is 0 Å². The number of rotatable bonds is 2. The summed E-state index contributed by atoms with van der Waals surface area (Å²) in [6.07, 6.45) is 0. The Balaban J connectivity index is 1.86. The van der Waals surface area contributed by atoms with Crippen molar-refractivity contribution in [2.75, 3.05) is 0 Å². The van der Waals surface area contributed by atoms with Crippen molar-refractivity contribution in [3.8, 4) is 22.0 Å². The van der Waals surface area contributed by atoms with Gasteiger partial charge in [-0.05, 0) is 25.1 Å². The van der Waals surface area contributed by atoms with Crippen LogP contribution in [0.25, 0.3) is 26.9 Å². The van der Waals surface area contributed by atoms with Crippen LogP contribution in [-0.2, 0) is 0 Å². The predicted octanol–water partition coefficient (Wildman–Crippen LogP) is 4.59. The summed E-state index contributed by atoms with van der Waals surface area (Å²) < 4.78 is 2.85. The van der Waals surface area contributed by atoms with Crippen LogP contribution < -0.4 is 0 Å². The lowest BCUT2D eigenvalue weighted by atomic mass is 10.1. The van der Waals surface area contributed by atoms with Gasteiger partial charge >= 0.3 is 0 Å². The minimum atomic E-state index is 0.774. The van der Waals surface area contributed by atoms with Gasteiger partial charge in [0.1, 0.15) is 5.01 Å². The first-order valence-corrected chi connectivity index (χ1v) is 8.37. The summed E-state index contributed by atoms with van der Waals surface area (Å²) in [5.41, 5.74) is 3.29. The fourth-order valence-electron chi connectivity index (χ4n) is 2.32. The van der Waals surface area contributed by atoms with E-state index in [0.29, 0.717) is 0 Å². The molecule has 22 heavy (non-hydrogen) atoms. The van der Waals surface area contributed by atoms with Gasteiger partial charge in [-0.3, -0.25) is 0 Å². The van der Waals surface area contributed by atoms with Crippen molar-refractivity contribution in [1.82, 2.24) is 19.8 Å². The monoisotopic (exact) mass is 370 g/mol. The molecule has 0 saturated heterocycles. The second kappa shape index (κ2) is 5.30. The van der Waals surface area contributed by atoms with Crippen LogP contribution in [-0.4, -0.2) is 19.8 Å². The lowest BCUT2D eigenvalue weighted by Gasteiger charge is -1.99. The Morgan fingerprint density at radius 1 is 1.00 bits per heavy atom. The van der Waals surface area contributed by atoms with Gasteiger partial charge in [0.05, 0.1) is 0 Å². The van der Waals surface area contributed by atoms with E-state index < -0.39 is 0 Å². The topological polar surface area (TPSA) is 43.1 Å². The van der Waals surface area contributed by atoms with E-state index in [0.717, 1.165) is 31.4 Å². The van der Waals surface area contributed by atoms with Gasteiger partial charge in [0.25, 0.3) is 0 Å². The molecule has 0 N–H and O–H groups in total. The summed E-state index contributed by atoms with van der Waals surface area (Å²) in [5.74, 6) is 0.774. The van der Waals surface area contributed by atoms with Gasteiger partial charge in [0, 0.05) is 15.6 Å². The first-order valence-electron chi connectivity index (χ1n) is 6.76. The molecule has 0 spiro atoms. The van der Waals surface area contributed by atoms with Crippen molar-refractivity contribution in [3.63, 3.8) is 0 Å². The van der Waals surface area contributed by atoms with Crippen molar-refractivity contribution >= 4 is 32.2 Å². The molecule has 0 bridgehead atoms. The number of fused-ring (bicyclic) bond motifs is 1. The number of hydrogen-bond acceptors (Lipinski definition) is 4. The fourth-order valence-corrected chi connectivity index (χ4v) is 3.55. The summed E-state index contributed by atoms with van der Waals surface area (Å²) in [7, 11) is 0. The Morgan fingerprint density at radius 3 is 2.64 bits per heavy atom. The fraction of sp³-hybridized carbons (Fsp3) is 0.0625. The van der Waals surface area contributed by atoms with Crippen molar-refractivity contribution in [1.29, 1.82) is 0 Å². The van der Waals surface area contributed by atoms with E-state index in [1.165, 1.54) is 16.9 Å². The highest BCUT2D eigenvalue weighted by atomic mass is 79.9. The zero-order chi connectivity index (χ0) is 15.1. The smallest absolute Gasteiger partial charge is 0.182 e. The Morgan fingerprint density at radius 2 is 1.82 bits per heavy atom. The Labute approximate surface area is 139 Å². The average molecular weight is 371 g/mol. The maximum atomic E-state index is 4.68. The molecular formula is C16H11BrN4S. The summed E-state index contributed by atoms with van der Waals surface area (Å²) in [5, 5.41) is 14.1. The van der Waals surface area contributed by atoms with Crippen LogP contribution in [0.15, 0.2) is 53.0 Å². The SMILES string of the molecule is Cc1cccc(-c2nnc3sc(-c4cccc(Br)c4)nn23)c1. The molecule has 0 aliphatic rings. The van der Waals surface area contributed by atoms with Crippen LogP contribution in [0, 0.1) is 6.92 Å². The number of nitrogens with zero attached hydrogens (tertiary/aromatic N) is 4. The van der Waals surface area contributed by atoms with Gasteiger partial charge in [-0.15, -0.1) is 10.2 Å². The summed E-state index contributed by atoms with van der Waals surface area (Å²) in [4.78, 5) is 0.798. The predicted molar refractivity (Wildman–Crippen MR) is 92.0 cm³/mol. The van der Waals surface area contributed by atoms with E-state index in [1.807, 2.05) is 34.8 Å². The van der Waals surface area contributed by atoms with Gasteiger partial charge in [-0.1, -0.05) is 63.2 Å². The van der Waals surface area contributed by atoms with Crippen LogP contribution in [0.2, 0.25) is 0 Å². The van der Waals surface area contributed by atoms with Crippen molar-refractivity contribution in [2.24, 2.45) is 0 Å². The maximum Gasteiger partial charge on any atom is 0.235 e. The minimum Gasteiger partial charge on any atom is -0.182 e. The van der Waals surface area contributed by atoms with Crippen LogP contribution in [0.5, 0.6) is 0 Å². The third kappa shape index (κ3) is 2.34. The van der Waals surface area contributed by atoms with Crippen molar-refractivity contribution < 1.29 is 0 Å². The number of aryl methyl sites for hydroxylation is 1. The first kappa shape index (κ1) is 13.6. The molecule has 0 aliphatic heterocycles. The second-order valence-electron chi connectivity index (χ2n) is 5.01. The normalized spacial score (nSPS) is 11.2. The number of aromatic nitrogens is 4. The lowest BCUT2D eigenvalue weighted by molar-refractivity contribution is 0.970. The number of hydrogen-bond donors (Lipinski definition) is 0. The second-order valence-corrected chi connectivity index (χ2v) is 6.88. The number of benzene rings is 2. The Bertz CT molecular complexity index is 973. The third-order valence-corrected chi connectivity index (χ3v) is 4.78. The highest BCUT2D eigenvalue weighted by molar-refractivity contribution is 9.10. The van der Waals surface area contributed by atoms with Crippen molar-refractivity contribution in [2.45, 2.75) is 6.92 Å². The number of halogens is 1. The lowest BCUT2D eigenvalue weighted by Crippen LogP contribution is -1.91. The van der Waals surface area contributed by atoms with Gasteiger partial charge < -0.3 is 0 Å². The highest BCUT2D eigenvalue weighted by Gasteiger charge is 2.14. The van der Waals surface area contributed by atoms with Crippen LogP contribution in [0.4, 0.5) is 0 Å². The molecule has 4 nitrogen and oxygen atoms in total. The molecule has 2 aromatic heterocycles. The van der Waals surface area contributed by atoms with Gasteiger partial charge in [-0.2, -0.15) is 9.61 Å². The van der Waals surface area contributed by atoms with Crippen LogP contribution in [0.3, 0.4) is 0 Å². The maximum absolute atomic E-state index is 4.68. The zero-order valence-electron chi connectivity index (χ0n) is 11.7. The molecule has 0 aliphatic carbocycles. The summed E-state index contributed by atoms with van der Waals surface area (Å²) in [6.45, 7) is 2.07. The van der Waals surface area contributed by atoms with Gasteiger partial charge in [0.2, 0.25) is 4.96 Å². The minimum absolute atomic E-state index is 0.774. The molecule has 2 heterocycles. The molecule has 2 aromatic carbocycles. The molecule has 4 aromatic rings. The summed E-state index contributed by atoms with van der Waals surface area (Å²) in [6, 6.07) is 16.3. The third-order valence-electron chi connectivity index (χ3n) is 3.34. The van der Waals surface area contributed by atoms with Gasteiger partial charge in [0.15, 0.2) is 5.82 Å². The van der Waals surface area contributed by atoms with Crippen LogP contribution in [0.1, 0.15) is 5.56 Å². The quantitative estimate of drug-likeness (QED) is 0.518. The molecule has 0 fully saturated rings. The summed E-state index contributed by atoms with van der Waals surface area (Å²) >= 11 is 5.03. The molecule has 0 amide bonds. The molecule has 0 radical (unpaired) electrons. The van der Waals surface area contributed by atoms with E-state index >= 15 is 0 Å². The molecule has 0 saturated carbocycles. The van der Waals surface area contributed by atoms with Crippen molar-refractivity contribution in [3.05, 3.63) is 58.6 Å².